The summed E-state index contributed by atoms with van der Waals surface area (Å²) >= 11 is 0. The average Bonchev–Trinajstić information content (AvgIpc) is 2.22. The van der Waals surface area contributed by atoms with Gasteiger partial charge in [-0.2, -0.15) is 0 Å². The molecule has 0 N–H and O–H groups in total. The zero-order valence-corrected chi connectivity index (χ0v) is 8.74. The van der Waals surface area contributed by atoms with Crippen molar-refractivity contribution in [3.63, 3.8) is 0 Å². The van der Waals surface area contributed by atoms with Gasteiger partial charge in [0.05, 0.1) is 26.6 Å². The van der Waals surface area contributed by atoms with Gasteiger partial charge in [-0.05, 0) is 6.42 Å². The van der Waals surface area contributed by atoms with Crippen LogP contribution in [0.1, 0.15) is 12.8 Å². The molecule has 1 atom stereocenters. The van der Waals surface area contributed by atoms with Gasteiger partial charge < -0.3 is 14.2 Å². The second kappa shape index (κ2) is 7.32. The molecule has 5 heteroatoms. The Morgan fingerprint density at radius 2 is 1.79 bits per heavy atom. The van der Waals surface area contributed by atoms with Crippen LogP contribution in [0.4, 0.5) is 0 Å². The van der Waals surface area contributed by atoms with E-state index in [4.69, 9.17) is 4.74 Å². The van der Waals surface area contributed by atoms with E-state index in [1.54, 1.807) is 0 Å². The molecule has 82 valence electrons. The van der Waals surface area contributed by atoms with Gasteiger partial charge in [0.15, 0.2) is 0 Å². The average molecular weight is 204 g/mol. The van der Waals surface area contributed by atoms with E-state index in [0.29, 0.717) is 13.0 Å². The fourth-order valence-corrected chi connectivity index (χ4v) is 1.01. The molecule has 0 aliphatic carbocycles. The van der Waals surface area contributed by atoms with Crippen molar-refractivity contribution in [3.05, 3.63) is 0 Å². The molecule has 0 aliphatic rings. The van der Waals surface area contributed by atoms with Crippen LogP contribution in [0.3, 0.4) is 0 Å². The third kappa shape index (κ3) is 4.81. The Labute approximate surface area is 83.3 Å². The van der Waals surface area contributed by atoms with E-state index in [1.807, 2.05) is 0 Å². The van der Waals surface area contributed by atoms with Gasteiger partial charge in [-0.3, -0.25) is 9.59 Å². The molecule has 0 aromatic carbocycles. The molecule has 0 fully saturated rings. The molecule has 0 radical (unpaired) electrons. The smallest absolute Gasteiger partial charge is 0.309 e. The molecule has 0 bridgehead atoms. The number of carbonyl (C=O) groups is 2. The number of esters is 2. The highest BCUT2D eigenvalue weighted by Gasteiger charge is 2.22. The van der Waals surface area contributed by atoms with Crippen molar-refractivity contribution < 1.29 is 23.8 Å². The topological polar surface area (TPSA) is 61.8 Å². The Morgan fingerprint density at radius 3 is 2.21 bits per heavy atom. The summed E-state index contributed by atoms with van der Waals surface area (Å²) in [6, 6.07) is 0. The maximum absolute atomic E-state index is 11.2. The summed E-state index contributed by atoms with van der Waals surface area (Å²) in [6.45, 7) is 0.413. The predicted octanol–water partition coefficient (Wildman–Crippen LogP) is 0.375. The molecule has 0 rings (SSSR count). The lowest BCUT2D eigenvalue weighted by Crippen LogP contribution is -2.22. The zero-order valence-electron chi connectivity index (χ0n) is 8.74. The van der Waals surface area contributed by atoms with E-state index < -0.39 is 17.9 Å². The molecule has 0 aliphatic heterocycles. The first-order chi connectivity index (χ1) is 6.65. The first-order valence-electron chi connectivity index (χ1n) is 4.29. The van der Waals surface area contributed by atoms with Crippen molar-refractivity contribution >= 4 is 11.9 Å². The van der Waals surface area contributed by atoms with E-state index in [-0.39, 0.29) is 6.42 Å². The minimum atomic E-state index is -0.479. The summed E-state index contributed by atoms with van der Waals surface area (Å²) < 4.78 is 13.8. The minimum absolute atomic E-state index is 0.0343. The first-order valence-corrected chi connectivity index (χ1v) is 4.29. The molecule has 0 spiro atoms. The molecular weight excluding hydrogens is 188 g/mol. The molecule has 0 heterocycles. The summed E-state index contributed by atoms with van der Waals surface area (Å²) in [5.41, 5.74) is 0. The Hall–Kier alpha value is -1.10. The number of carbonyl (C=O) groups excluding carboxylic acids is 2. The van der Waals surface area contributed by atoms with Crippen LogP contribution < -0.4 is 0 Å². The standard InChI is InChI=1S/C9H16O5/c1-12-5-4-7(9(11)14-3)6-8(10)13-2/h7H,4-6H2,1-3H3. The second-order valence-corrected chi connectivity index (χ2v) is 2.78. The normalized spacial score (nSPS) is 11.9. The van der Waals surface area contributed by atoms with Crippen molar-refractivity contribution in [2.75, 3.05) is 27.9 Å². The Balaban J connectivity index is 4.09. The van der Waals surface area contributed by atoms with Gasteiger partial charge in [0.2, 0.25) is 0 Å². The molecule has 0 amide bonds. The van der Waals surface area contributed by atoms with Gasteiger partial charge in [0.25, 0.3) is 0 Å². The van der Waals surface area contributed by atoms with E-state index in [9.17, 15) is 9.59 Å². The van der Waals surface area contributed by atoms with Crippen LogP contribution in [0.5, 0.6) is 0 Å². The number of rotatable bonds is 6. The van der Waals surface area contributed by atoms with E-state index in [1.165, 1.54) is 21.3 Å². The van der Waals surface area contributed by atoms with Gasteiger partial charge in [0, 0.05) is 13.7 Å². The van der Waals surface area contributed by atoms with Gasteiger partial charge in [0.1, 0.15) is 0 Å². The Morgan fingerprint density at radius 1 is 1.14 bits per heavy atom. The lowest BCUT2D eigenvalue weighted by atomic mass is 10.0. The third-order valence-electron chi connectivity index (χ3n) is 1.85. The van der Waals surface area contributed by atoms with Gasteiger partial charge in [-0.25, -0.2) is 0 Å². The fourth-order valence-electron chi connectivity index (χ4n) is 1.01. The van der Waals surface area contributed by atoms with Crippen LogP contribution in [0.15, 0.2) is 0 Å². The quantitative estimate of drug-likeness (QED) is 0.585. The van der Waals surface area contributed by atoms with Crippen molar-refractivity contribution in [2.45, 2.75) is 12.8 Å². The molecular formula is C9H16O5. The summed E-state index contributed by atoms with van der Waals surface area (Å²) in [5, 5.41) is 0. The summed E-state index contributed by atoms with van der Waals surface area (Å²) in [6.07, 6.45) is 0.491. The highest BCUT2D eigenvalue weighted by molar-refractivity contribution is 5.79. The van der Waals surface area contributed by atoms with Crippen molar-refractivity contribution in [1.29, 1.82) is 0 Å². The number of hydrogen-bond acceptors (Lipinski definition) is 5. The Kier molecular flexibility index (Phi) is 6.74. The summed E-state index contributed by atoms with van der Waals surface area (Å²) in [5.74, 6) is -1.31. The first kappa shape index (κ1) is 12.9. The number of methoxy groups -OCH3 is 3. The lowest BCUT2D eigenvalue weighted by molar-refractivity contribution is -0.152. The fraction of sp³-hybridized carbons (Fsp3) is 0.778. The van der Waals surface area contributed by atoms with Crippen LogP contribution in [0, 0.1) is 5.92 Å². The molecule has 0 aromatic rings. The van der Waals surface area contributed by atoms with Crippen LogP contribution in [0.2, 0.25) is 0 Å². The maximum atomic E-state index is 11.2. The van der Waals surface area contributed by atoms with E-state index in [0.717, 1.165) is 0 Å². The molecule has 0 saturated carbocycles. The van der Waals surface area contributed by atoms with Crippen molar-refractivity contribution in [1.82, 2.24) is 0 Å². The monoisotopic (exact) mass is 204 g/mol. The minimum Gasteiger partial charge on any atom is -0.469 e. The van der Waals surface area contributed by atoms with Crippen LogP contribution in [0.25, 0.3) is 0 Å². The van der Waals surface area contributed by atoms with Gasteiger partial charge in [-0.15, -0.1) is 0 Å². The predicted molar refractivity (Wildman–Crippen MR) is 48.6 cm³/mol. The maximum Gasteiger partial charge on any atom is 0.309 e. The van der Waals surface area contributed by atoms with Gasteiger partial charge in [-0.1, -0.05) is 0 Å². The van der Waals surface area contributed by atoms with Crippen LogP contribution in [-0.4, -0.2) is 39.9 Å². The van der Waals surface area contributed by atoms with Crippen LogP contribution in [-0.2, 0) is 23.8 Å². The number of hydrogen-bond donors (Lipinski definition) is 0. The highest BCUT2D eigenvalue weighted by Crippen LogP contribution is 2.11. The van der Waals surface area contributed by atoms with Crippen molar-refractivity contribution in [2.24, 2.45) is 5.92 Å². The largest absolute Gasteiger partial charge is 0.469 e. The molecule has 0 aromatic heterocycles. The Bertz CT molecular complexity index is 190. The number of ether oxygens (including phenoxy) is 3. The molecule has 5 nitrogen and oxygen atoms in total. The summed E-state index contributed by atoms with van der Waals surface area (Å²) in [4.78, 5) is 22.1. The second-order valence-electron chi connectivity index (χ2n) is 2.78. The van der Waals surface area contributed by atoms with E-state index in [2.05, 4.69) is 9.47 Å². The zero-order chi connectivity index (χ0) is 11.0. The summed E-state index contributed by atoms with van der Waals surface area (Å²) in [7, 11) is 4.11. The van der Waals surface area contributed by atoms with Crippen molar-refractivity contribution in [3.8, 4) is 0 Å². The van der Waals surface area contributed by atoms with Gasteiger partial charge >= 0.3 is 11.9 Å². The van der Waals surface area contributed by atoms with Crippen LogP contribution >= 0.6 is 0 Å². The van der Waals surface area contributed by atoms with E-state index >= 15 is 0 Å². The molecule has 1 unspecified atom stereocenters. The third-order valence-corrected chi connectivity index (χ3v) is 1.85. The molecule has 0 saturated heterocycles. The SMILES string of the molecule is COCCC(CC(=O)OC)C(=O)OC. The highest BCUT2D eigenvalue weighted by atomic mass is 16.5. The molecule has 14 heavy (non-hydrogen) atoms. The lowest BCUT2D eigenvalue weighted by Gasteiger charge is -2.12.